The number of amides is 1. The Bertz CT molecular complexity index is 450. The lowest BCUT2D eigenvalue weighted by atomic mass is 9.99. The molecule has 2 rings (SSSR count). The molecular weight excluding hydrogens is 254 g/mol. The van der Waals surface area contributed by atoms with Gasteiger partial charge in [-0.05, 0) is 24.5 Å². The number of nitrogens with one attached hydrogen (secondary N) is 1. The van der Waals surface area contributed by atoms with Gasteiger partial charge in [-0.2, -0.15) is 0 Å². The largest absolute Gasteiger partial charge is 0.394 e. The quantitative estimate of drug-likeness (QED) is 0.839. The van der Waals surface area contributed by atoms with Crippen molar-refractivity contribution in [3.8, 4) is 0 Å². The third-order valence-corrected chi connectivity index (χ3v) is 3.68. The summed E-state index contributed by atoms with van der Waals surface area (Å²) in [5.74, 6) is 0.438. The lowest BCUT2D eigenvalue weighted by molar-refractivity contribution is 0.0836. The number of aliphatic hydroxyl groups is 1. The fourth-order valence-electron chi connectivity index (χ4n) is 2.72. The lowest BCUT2D eigenvalue weighted by Gasteiger charge is -2.29. The number of hydrogen-bond donors (Lipinski definition) is 2. The number of hydrogen-bond acceptors (Lipinski definition) is 4. The van der Waals surface area contributed by atoms with Crippen LogP contribution in [0.3, 0.4) is 0 Å². The smallest absolute Gasteiger partial charge is 0.251 e. The van der Waals surface area contributed by atoms with Gasteiger partial charge in [-0.3, -0.25) is 9.78 Å². The van der Waals surface area contributed by atoms with E-state index in [-0.39, 0.29) is 12.5 Å². The molecule has 20 heavy (non-hydrogen) atoms. The lowest BCUT2D eigenvalue weighted by Crippen LogP contribution is -2.53. The fraction of sp³-hybridized carbons (Fsp3) is 0.600. The van der Waals surface area contributed by atoms with Gasteiger partial charge < -0.3 is 15.3 Å². The second kappa shape index (κ2) is 6.33. The Hall–Kier alpha value is -1.46. The first-order valence-electron chi connectivity index (χ1n) is 7.10. The molecule has 0 spiro atoms. The van der Waals surface area contributed by atoms with Crippen LogP contribution in [-0.4, -0.2) is 52.7 Å². The third-order valence-electron chi connectivity index (χ3n) is 3.68. The minimum Gasteiger partial charge on any atom is -0.394 e. The highest BCUT2D eigenvalue weighted by molar-refractivity contribution is 5.94. The van der Waals surface area contributed by atoms with Crippen molar-refractivity contribution in [1.82, 2.24) is 15.2 Å². The van der Waals surface area contributed by atoms with Crippen molar-refractivity contribution in [2.24, 2.45) is 5.92 Å². The maximum atomic E-state index is 12.2. The van der Waals surface area contributed by atoms with Gasteiger partial charge in [0.05, 0.1) is 12.1 Å². The van der Waals surface area contributed by atoms with Crippen molar-refractivity contribution in [1.29, 1.82) is 0 Å². The van der Waals surface area contributed by atoms with Crippen LogP contribution >= 0.6 is 0 Å². The molecule has 0 radical (unpaired) electrons. The molecular formula is C15H23N3O2. The molecule has 2 heterocycles. The van der Waals surface area contributed by atoms with E-state index in [1.807, 2.05) is 0 Å². The molecule has 0 bridgehead atoms. The Morgan fingerprint density at radius 1 is 1.50 bits per heavy atom. The van der Waals surface area contributed by atoms with Crippen molar-refractivity contribution >= 4 is 5.91 Å². The summed E-state index contributed by atoms with van der Waals surface area (Å²) in [6.07, 6.45) is 3.98. The van der Waals surface area contributed by atoms with E-state index < -0.39 is 5.54 Å². The standard InChI is InChI=1S/C15H23N3O2/c1-12(2)9-18-8-5-15(10-18,11-19)17-14(20)13-3-6-16-7-4-13/h3-4,6-7,12,19H,5,8-11H2,1-2H3,(H,17,20). The molecule has 1 aliphatic rings. The van der Waals surface area contributed by atoms with Gasteiger partial charge in [-0.25, -0.2) is 0 Å². The third kappa shape index (κ3) is 3.55. The van der Waals surface area contributed by atoms with Crippen LogP contribution in [0.25, 0.3) is 0 Å². The Labute approximate surface area is 120 Å². The Balaban J connectivity index is 2.01. The molecule has 0 saturated carbocycles. The first-order chi connectivity index (χ1) is 9.54. The van der Waals surface area contributed by atoms with Gasteiger partial charge in [-0.15, -0.1) is 0 Å². The van der Waals surface area contributed by atoms with E-state index in [4.69, 9.17) is 0 Å². The highest BCUT2D eigenvalue weighted by Gasteiger charge is 2.39. The zero-order valence-electron chi connectivity index (χ0n) is 12.2. The maximum absolute atomic E-state index is 12.2. The van der Waals surface area contributed by atoms with Gasteiger partial charge in [0, 0.05) is 37.6 Å². The molecule has 110 valence electrons. The van der Waals surface area contributed by atoms with Gasteiger partial charge in [-0.1, -0.05) is 13.8 Å². The highest BCUT2D eigenvalue weighted by atomic mass is 16.3. The van der Waals surface area contributed by atoms with Gasteiger partial charge in [0.15, 0.2) is 0 Å². The molecule has 5 nitrogen and oxygen atoms in total. The van der Waals surface area contributed by atoms with Crippen molar-refractivity contribution < 1.29 is 9.90 Å². The monoisotopic (exact) mass is 277 g/mol. The molecule has 1 saturated heterocycles. The zero-order valence-corrected chi connectivity index (χ0v) is 12.2. The van der Waals surface area contributed by atoms with E-state index in [0.29, 0.717) is 18.0 Å². The number of carbonyl (C=O) groups excluding carboxylic acids is 1. The first-order valence-corrected chi connectivity index (χ1v) is 7.10. The number of aromatic nitrogens is 1. The highest BCUT2D eigenvalue weighted by Crippen LogP contribution is 2.22. The molecule has 1 amide bonds. The number of carbonyl (C=O) groups is 1. The molecule has 5 heteroatoms. The average molecular weight is 277 g/mol. The van der Waals surface area contributed by atoms with E-state index in [1.165, 1.54) is 0 Å². The summed E-state index contributed by atoms with van der Waals surface area (Å²) < 4.78 is 0. The normalized spacial score (nSPS) is 23.2. The van der Waals surface area contributed by atoms with Crippen LogP contribution in [-0.2, 0) is 0 Å². The molecule has 1 atom stereocenters. The van der Waals surface area contributed by atoms with Crippen molar-refractivity contribution in [3.63, 3.8) is 0 Å². The van der Waals surface area contributed by atoms with Crippen molar-refractivity contribution in [2.75, 3.05) is 26.2 Å². The number of aliphatic hydroxyl groups excluding tert-OH is 1. The van der Waals surface area contributed by atoms with Crippen molar-refractivity contribution in [2.45, 2.75) is 25.8 Å². The zero-order chi connectivity index (χ0) is 14.6. The summed E-state index contributed by atoms with van der Waals surface area (Å²) in [6.45, 7) is 6.93. The second-order valence-electron chi connectivity index (χ2n) is 6.01. The summed E-state index contributed by atoms with van der Waals surface area (Å²) in [5.41, 5.74) is 0.0602. The SMILES string of the molecule is CC(C)CN1CCC(CO)(NC(=O)c2ccncc2)C1. The molecule has 1 aromatic rings. The Morgan fingerprint density at radius 3 is 2.80 bits per heavy atom. The number of likely N-dealkylation sites (tertiary alicyclic amines) is 1. The number of rotatable bonds is 5. The van der Waals surface area contributed by atoms with E-state index in [0.717, 1.165) is 19.5 Å². The summed E-state index contributed by atoms with van der Waals surface area (Å²) in [5, 5.41) is 12.7. The molecule has 0 aliphatic carbocycles. The number of pyridine rings is 1. The summed E-state index contributed by atoms with van der Waals surface area (Å²) in [7, 11) is 0. The van der Waals surface area contributed by atoms with Gasteiger partial charge >= 0.3 is 0 Å². The molecule has 1 aromatic heterocycles. The predicted molar refractivity (Wildman–Crippen MR) is 77.4 cm³/mol. The van der Waals surface area contributed by atoms with E-state index >= 15 is 0 Å². The Kier molecular flexibility index (Phi) is 4.73. The van der Waals surface area contributed by atoms with Crippen LogP contribution in [0.1, 0.15) is 30.6 Å². The van der Waals surface area contributed by atoms with Gasteiger partial charge in [0.25, 0.3) is 5.91 Å². The molecule has 2 N–H and O–H groups in total. The molecule has 1 unspecified atom stereocenters. The summed E-state index contributed by atoms with van der Waals surface area (Å²) in [4.78, 5) is 18.4. The number of nitrogens with zero attached hydrogens (tertiary/aromatic N) is 2. The van der Waals surface area contributed by atoms with Crippen LogP contribution in [0.4, 0.5) is 0 Å². The molecule has 1 fully saturated rings. The van der Waals surface area contributed by atoms with E-state index in [9.17, 15) is 9.90 Å². The van der Waals surface area contributed by atoms with Crippen LogP contribution < -0.4 is 5.32 Å². The van der Waals surface area contributed by atoms with Gasteiger partial charge in [0.1, 0.15) is 0 Å². The maximum Gasteiger partial charge on any atom is 0.251 e. The Morgan fingerprint density at radius 2 is 2.20 bits per heavy atom. The molecule has 1 aliphatic heterocycles. The van der Waals surface area contributed by atoms with Crippen LogP contribution in [0.15, 0.2) is 24.5 Å². The fourth-order valence-corrected chi connectivity index (χ4v) is 2.72. The second-order valence-corrected chi connectivity index (χ2v) is 6.01. The van der Waals surface area contributed by atoms with Crippen LogP contribution in [0.5, 0.6) is 0 Å². The summed E-state index contributed by atoms with van der Waals surface area (Å²) in [6, 6.07) is 3.36. The van der Waals surface area contributed by atoms with E-state index in [2.05, 4.69) is 29.0 Å². The minimum absolute atomic E-state index is 0.0293. The van der Waals surface area contributed by atoms with Crippen molar-refractivity contribution in [3.05, 3.63) is 30.1 Å². The topological polar surface area (TPSA) is 65.5 Å². The summed E-state index contributed by atoms with van der Waals surface area (Å²) >= 11 is 0. The molecule has 0 aromatic carbocycles. The predicted octanol–water partition coefficient (Wildman–Crippen LogP) is 0.904. The van der Waals surface area contributed by atoms with Crippen LogP contribution in [0.2, 0.25) is 0 Å². The average Bonchev–Trinajstić information content (AvgIpc) is 2.82. The van der Waals surface area contributed by atoms with E-state index in [1.54, 1.807) is 24.5 Å². The van der Waals surface area contributed by atoms with Crippen LogP contribution in [0, 0.1) is 5.92 Å². The first kappa shape index (κ1) is 14.9. The minimum atomic E-state index is -0.519. The van der Waals surface area contributed by atoms with Gasteiger partial charge in [0.2, 0.25) is 0 Å².